The molecule has 2 aromatic rings. The van der Waals surface area contributed by atoms with Gasteiger partial charge in [0.25, 0.3) is 5.97 Å². The summed E-state index contributed by atoms with van der Waals surface area (Å²) in [5.41, 5.74) is -1.50. The molecule has 4 nitrogen and oxygen atoms in total. The van der Waals surface area contributed by atoms with Gasteiger partial charge in [0.1, 0.15) is 22.8 Å². The highest BCUT2D eigenvalue weighted by Crippen LogP contribution is 2.51. The Hall–Kier alpha value is -2.73. The van der Waals surface area contributed by atoms with Crippen molar-refractivity contribution in [3.8, 4) is 11.1 Å². The fraction of sp³-hybridized carbons (Fsp3) is 0.467. The highest BCUT2D eigenvalue weighted by atomic mass is 19.4. The highest BCUT2D eigenvalue weighted by Gasteiger charge is 2.62. The van der Waals surface area contributed by atoms with Gasteiger partial charge in [-0.2, -0.15) is 8.78 Å². The van der Waals surface area contributed by atoms with E-state index < -0.39 is 35.6 Å². The van der Waals surface area contributed by atoms with Crippen molar-refractivity contribution in [1.29, 1.82) is 0 Å². The fourth-order valence-electron chi connectivity index (χ4n) is 5.76. The second kappa shape index (κ2) is 11.2. The molecule has 1 saturated carbocycles. The van der Waals surface area contributed by atoms with Gasteiger partial charge in [0.15, 0.2) is 0 Å². The van der Waals surface area contributed by atoms with Crippen molar-refractivity contribution < 1.29 is 49.7 Å². The van der Waals surface area contributed by atoms with E-state index in [0.717, 1.165) is 44.1 Å². The summed E-state index contributed by atoms with van der Waals surface area (Å²) in [4.78, 5) is 0. The molecule has 0 radical (unpaired) electrons. The van der Waals surface area contributed by atoms with Gasteiger partial charge in [-0.25, -0.2) is 13.5 Å². The Balaban J connectivity index is 1.18. The summed E-state index contributed by atoms with van der Waals surface area (Å²) >= 11 is 0. The molecule has 0 spiro atoms. The van der Waals surface area contributed by atoms with Crippen LogP contribution in [0.1, 0.15) is 49.7 Å². The number of hydrogen-bond acceptors (Lipinski definition) is 4. The molecule has 0 atom stereocenters. The smallest absolute Gasteiger partial charge is 0.324 e. The Labute approximate surface area is 232 Å². The van der Waals surface area contributed by atoms with E-state index in [1.165, 1.54) is 0 Å². The van der Waals surface area contributed by atoms with E-state index in [-0.39, 0.29) is 17.1 Å². The summed E-state index contributed by atoms with van der Waals surface area (Å²) in [6, 6.07) is 7.56. The second-order valence-corrected chi connectivity index (χ2v) is 10.8. The zero-order chi connectivity index (χ0) is 29.5. The van der Waals surface area contributed by atoms with Gasteiger partial charge < -0.3 is 14.2 Å². The molecular formula is C30H29F7O4. The summed E-state index contributed by atoms with van der Waals surface area (Å²) in [5.74, 6) is -4.19. The largest absolute Gasteiger partial charge is 0.527 e. The molecule has 0 aromatic heterocycles. The lowest BCUT2D eigenvalue weighted by molar-refractivity contribution is -0.432. The maximum atomic E-state index is 14.3. The Morgan fingerprint density at radius 2 is 1.51 bits per heavy atom. The third kappa shape index (κ3) is 6.38. The third-order valence-corrected chi connectivity index (χ3v) is 7.89. The molecule has 0 unspecified atom stereocenters. The van der Waals surface area contributed by atoms with E-state index in [2.05, 4.69) is 17.4 Å². The minimum Gasteiger partial charge on any atom is -0.324 e. The Morgan fingerprint density at radius 3 is 2.07 bits per heavy atom. The average Bonchev–Trinajstić information content (AvgIpc) is 3.47. The lowest BCUT2D eigenvalue weighted by atomic mass is 9.80. The SMILES string of the molecule is C=CCCC12COC(C3CCC(C=Cc4ccc(-c5cc(F)c(C(F)(F)OC(F)(F)F)c(F)c5)cc4)CC3)(OC1)O2. The molecule has 2 saturated heterocycles. The van der Waals surface area contributed by atoms with Crippen molar-refractivity contribution >= 4 is 6.08 Å². The predicted molar refractivity (Wildman–Crippen MR) is 135 cm³/mol. The van der Waals surface area contributed by atoms with Gasteiger partial charge in [-0.1, -0.05) is 42.5 Å². The van der Waals surface area contributed by atoms with Gasteiger partial charge in [-0.05, 0) is 73.3 Å². The molecule has 0 amide bonds. The van der Waals surface area contributed by atoms with Gasteiger partial charge >= 0.3 is 12.5 Å². The Kier molecular flexibility index (Phi) is 8.10. The van der Waals surface area contributed by atoms with Crippen LogP contribution < -0.4 is 0 Å². The number of ether oxygens (including phenoxy) is 4. The molecule has 3 fully saturated rings. The minimum atomic E-state index is -5.79. The summed E-state index contributed by atoms with van der Waals surface area (Å²) in [7, 11) is 0. The van der Waals surface area contributed by atoms with Crippen molar-refractivity contribution in [3.05, 3.63) is 77.9 Å². The zero-order valence-corrected chi connectivity index (χ0v) is 22.0. The molecular weight excluding hydrogens is 557 g/mol. The average molecular weight is 587 g/mol. The van der Waals surface area contributed by atoms with Gasteiger partial charge in [0.2, 0.25) is 0 Å². The number of fused-ring (bicyclic) bond motifs is 2. The molecule has 5 rings (SSSR count). The lowest BCUT2D eigenvalue weighted by Crippen LogP contribution is -2.42. The van der Waals surface area contributed by atoms with Gasteiger partial charge in [0.05, 0.1) is 13.2 Å². The first-order valence-electron chi connectivity index (χ1n) is 13.4. The second-order valence-electron chi connectivity index (χ2n) is 10.8. The van der Waals surface area contributed by atoms with Crippen LogP contribution in [0.2, 0.25) is 0 Å². The molecule has 1 aliphatic carbocycles. The number of benzene rings is 2. The van der Waals surface area contributed by atoms with E-state index >= 15 is 0 Å². The Morgan fingerprint density at radius 1 is 0.902 bits per heavy atom. The number of alkyl halides is 5. The molecule has 2 aromatic carbocycles. The maximum Gasteiger partial charge on any atom is 0.527 e. The predicted octanol–water partition coefficient (Wildman–Crippen LogP) is 8.47. The van der Waals surface area contributed by atoms with Crippen molar-refractivity contribution in [1.82, 2.24) is 0 Å². The molecule has 11 heteroatoms. The quantitative estimate of drug-likeness (QED) is 0.218. The zero-order valence-electron chi connectivity index (χ0n) is 22.0. The number of hydrogen-bond donors (Lipinski definition) is 0. The van der Waals surface area contributed by atoms with Crippen LogP contribution in [0.5, 0.6) is 0 Å². The van der Waals surface area contributed by atoms with Gasteiger partial charge in [-0.15, -0.1) is 19.8 Å². The standard InChI is InChI=1S/C30H29F7O4/c1-2-3-14-27-17-38-29(40-27,39-18-27)23-12-8-20(9-13-23)5-4-19-6-10-21(11-7-19)22-15-24(31)26(25(32)16-22)28(33,34)41-30(35,36)37/h2,4-7,10-11,15-16,20,23H,1,3,8-9,12-14,17-18H2. The van der Waals surface area contributed by atoms with Crippen LogP contribution in [0.15, 0.2) is 55.1 Å². The van der Waals surface area contributed by atoms with Crippen molar-refractivity contribution in [2.24, 2.45) is 11.8 Å². The first kappa shape index (κ1) is 29.8. The Bertz CT molecular complexity index is 1250. The molecule has 3 aliphatic rings. The summed E-state index contributed by atoms with van der Waals surface area (Å²) in [6.07, 6.45) is 0.134. The summed E-state index contributed by atoms with van der Waals surface area (Å²) in [6.45, 7) is 4.83. The van der Waals surface area contributed by atoms with Crippen LogP contribution in [-0.2, 0) is 25.1 Å². The van der Waals surface area contributed by atoms with Crippen molar-refractivity contribution in [3.63, 3.8) is 0 Å². The number of allylic oxidation sites excluding steroid dienone is 2. The maximum absolute atomic E-state index is 14.3. The molecule has 2 bridgehead atoms. The normalized spacial score (nSPS) is 28.5. The fourth-order valence-corrected chi connectivity index (χ4v) is 5.76. The molecule has 2 aliphatic heterocycles. The van der Waals surface area contributed by atoms with Crippen molar-refractivity contribution in [2.75, 3.05) is 13.2 Å². The van der Waals surface area contributed by atoms with Gasteiger partial charge in [0, 0.05) is 5.92 Å². The third-order valence-electron chi connectivity index (χ3n) is 7.89. The summed E-state index contributed by atoms with van der Waals surface area (Å²) in [5, 5.41) is 0. The van der Waals surface area contributed by atoms with Crippen LogP contribution in [0.4, 0.5) is 30.7 Å². The minimum absolute atomic E-state index is 0.112. The molecule has 0 N–H and O–H groups in total. The van der Waals surface area contributed by atoms with Gasteiger partial charge in [-0.3, -0.25) is 0 Å². The van der Waals surface area contributed by atoms with E-state index in [9.17, 15) is 30.7 Å². The van der Waals surface area contributed by atoms with E-state index in [1.54, 1.807) is 24.3 Å². The van der Waals surface area contributed by atoms with Crippen molar-refractivity contribution in [2.45, 2.75) is 62.6 Å². The molecule has 2 heterocycles. The van der Waals surface area contributed by atoms with E-state index in [0.29, 0.717) is 36.8 Å². The summed E-state index contributed by atoms with van der Waals surface area (Å²) < 4.78 is 114. The van der Waals surface area contributed by atoms with E-state index in [1.807, 2.05) is 12.2 Å². The van der Waals surface area contributed by atoms with Crippen LogP contribution in [-0.4, -0.2) is 31.2 Å². The van der Waals surface area contributed by atoms with Crippen LogP contribution in [0, 0.1) is 23.5 Å². The molecule has 222 valence electrons. The number of halogens is 7. The van der Waals surface area contributed by atoms with Crippen LogP contribution in [0.3, 0.4) is 0 Å². The number of rotatable bonds is 9. The van der Waals surface area contributed by atoms with E-state index in [4.69, 9.17) is 14.2 Å². The first-order valence-corrected chi connectivity index (χ1v) is 13.4. The van der Waals surface area contributed by atoms with Crippen LogP contribution in [0.25, 0.3) is 17.2 Å². The lowest BCUT2D eigenvalue weighted by Gasteiger charge is -2.36. The van der Waals surface area contributed by atoms with Crippen LogP contribution >= 0.6 is 0 Å². The highest BCUT2D eigenvalue weighted by molar-refractivity contribution is 5.66. The monoisotopic (exact) mass is 586 g/mol. The topological polar surface area (TPSA) is 36.9 Å². The molecule has 41 heavy (non-hydrogen) atoms. The first-order chi connectivity index (χ1) is 19.3.